The number of hydrogen-bond donors (Lipinski definition) is 2. The maximum absolute atomic E-state index is 14.1. The molecule has 25 heavy (non-hydrogen) atoms. The summed E-state index contributed by atoms with van der Waals surface area (Å²) in [6, 6.07) is 0. The van der Waals surface area contributed by atoms with Gasteiger partial charge < -0.3 is 28.7 Å². The van der Waals surface area contributed by atoms with Gasteiger partial charge in [-0.15, -0.1) is 0 Å². The third-order valence-corrected chi connectivity index (χ3v) is 3.55. The predicted molar refractivity (Wildman–Crippen MR) is 60.0 cm³/mol. The molecule has 17 heteroatoms. The van der Waals surface area contributed by atoms with Crippen molar-refractivity contribution in [3.05, 3.63) is 0 Å². The highest BCUT2D eigenvalue weighted by Crippen LogP contribution is 2.59. The number of halogens is 7. The van der Waals surface area contributed by atoms with Crippen molar-refractivity contribution in [1.82, 2.24) is 0 Å². The third-order valence-electron chi connectivity index (χ3n) is 2.57. The lowest BCUT2D eigenvalue weighted by atomic mass is 9.97. The van der Waals surface area contributed by atoms with Gasteiger partial charge in [-0.2, -0.15) is 26.3 Å². The van der Waals surface area contributed by atoms with Crippen molar-refractivity contribution >= 4 is 15.6 Å². The maximum atomic E-state index is 14.1. The largest absolute Gasteiger partial charge is 0.790 e. The number of phosphoric acid groups is 2. The van der Waals surface area contributed by atoms with Crippen LogP contribution in [0, 0.1) is 0 Å². The lowest BCUT2D eigenvalue weighted by Gasteiger charge is -2.44. The topological polar surface area (TPSA) is 139 Å². The van der Waals surface area contributed by atoms with E-state index in [4.69, 9.17) is 9.79 Å². The van der Waals surface area contributed by atoms with E-state index in [1.165, 1.54) is 6.92 Å². The van der Waals surface area contributed by atoms with Crippen LogP contribution in [0.4, 0.5) is 30.7 Å². The molecule has 0 aliphatic carbocycles. The van der Waals surface area contributed by atoms with Crippen LogP contribution in [0.1, 0.15) is 26.2 Å². The number of phosphoric ester groups is 2. The molecule has 0 radical (unpaired) electrons. The van der Waals surface area contributed by atoms with Gasteiger partial charge in [0, 0.05) is 6.42 Å². The van der Waals surface area contributed by atoms with Gasteiger partial charge in [-0.3, -0.25) is 0 Å². The van der Waals surface area contributed by atoms with Crippen LogP contribution in [-0.4, -0.2) is 33.6 Å². The third kappa shape index (κ3) is 5.86. The van der Waals surface area contributed by atoms with Crippen molar-refractivity contribution in [2.24, 2.45) is 0 Å². The van der Waals surface area contributed by atoms with Crippen molar-refractivity contribution in [2.75, 3.05) is 0 Å². The van der Waals surface area contributed by atoms with Crippen molar-refractivity contribution in [2.45, 2.75) is 50.0 Å². The quantitative estimate of drug-likeness (QED) is 0.394. The fraction of sp³-hybridized carbons (Fsp3) is 1.00. The van der Waals surface area contributed by atoms with Crippen LogP contribution in [-0.2, 0) is 18.2 Å². The molecule has 0 saturated carbocycles. The fourth-order valence-corrected chi connectivity index (χ4v) is 2.44. The van der Waals surface area contributed by atoms with Crippen LogP contribution in [0.25, 0.3) is 0 Å². The van der Waals surface area contributed by atoms with E-state index < -0.39 is 52.3 Å². The molecular formula is C8H11F7O8P2-2. The molecule has 0 heterocycles. The van der Waals surface area contributed by atoms with Gasteiger partial charge in [0.2, 0.25) is 0 Å². The summed E-state index contributed by atoms with van der Waals surface area (Å²) >= 11 is 0. The molecule has 1 atom stereocenters. The Kier molecular flexibility index (Phi) is 7.31. The Morgan fingerprint density at radius 1 is 0.920 bits per heavy atom. The van der Waals surface area contributed by atoms with Gasteiger partial charge in [-0.05, 0) is 6.42 Å². The Labute approximate surface area is 135 Å². The Bertz CT molecular complexity index is 561. The Hall–Kier alpha value is -0.270. The SMILES string of the molecule is CCCCC(F)(OP(=O)([O-])[O-])C(F)(F)C(F)(F)C(F)(F)OP(=O)(O)O. The molecule has 0 aromatic rings. The second kappa shape index (κ2) is 7.39. The molecule has 0 aliphatic heterocycles. The Balaban J connectivity index is 6.13. The minimum absolute atomic E-state index is 0.242. The lowest BCUT2D eigenvalue weighted by Crippen LogP contribution is -2.65. The smallest absolute Gasteiger partial charge is 0.474 e. The molecule has 0 rings (SSSR count). The van der Waals surface area contributed by atoms with Crippen molar-refractivity contribution in [3.63, 3.8) is 0 Å². The molecular weight excluding hydrogens is 419 g/mol. The standard InChI is InChI=1S/C8H13F7O8P2/c1-2-3-4-5(9,22-24(16,17)18)6(10,11)7(12,13)8(14,15)23-25(19,20)21/h2-4H2,1H3,(H2,16,17,18)(H2,19,20,21)/p-2. The molecule has 8 nitrogen and oxygen atoms in total. The highest BCUT2D eigenvalue weighted by atomic mass is 31.2. The molecule has 0 aliphatic rings. The van der Waals surface area contributed by atoms with Crippen LogP contribution >= 0.6 is 15.6 Å². The summed E-state index contributed by atoms with van der Waals surface area (Å²) < 4.78 is 120. The van der Waals surface area contributed by atoms with E-state index >= 15 is 0 Å². The maximum Gasteiger partial charge on any atom is 0.474 e. The van der Waals surface area contributed by atoms with Gasteiger partial charge in [0.05, 0.1) is 7.82 Å². The van der Waals surface area contributed by atoms with E-state index in [9.17, 15) is 49.6 Å². The van der Waals surface area contributed by atoms with E-state index in [1.807, 2.05) is 0 Å². The average molecular weight is 430 g/mol. The van der Waals surface area contributed by atoms with E-state index in [1.54, 1.807) is 0 Å². The fourth-order valence-electron chi connectivity index (χ4n) is 1.47. The molecule has 2 N–H and O–H groups in total. The van der Waals surface area contributed by atoms with Crippen LogP contribution < -0.4 is 9.79 Å². The highest BCUT2D eigenvalue weighted by molar-refractivity contribution is 7.46. The Morgan fingerprint density at radius 3 is 1.68 bits per heavy atom. The predicted octanol–water partition coefficient (Wildman–Crippen LogP) is 1.66. The molecule has 152 valence electrons. The zero-order valence-corrected chi connectivity index (χ0v) is 13.8. The molecule has 1 unspecified atom stereocenters. The first-order chi connectivity index (χ1) is 10.7. The number of hydrogen-bond acceptors (Lipinski definition) is 6. The summed E-state index contributed by atoms with van der Waals surface area (Å²) in [6.45, 7) is 1.18. The number of unbranched alkanes of at least 4 members (excludes halogenated alkanes) is 1. The van der Waals surface area contributed by atoms with E-state index in [0.29, 0.717) is 0 Å². The molecule has 0 amide bonds. The monoisotopic (exact) mass is 430 g/mol. The number of alkyl halides is 7. The van der Waals surface area contributed by atoms with Gasteiger partial charge in [-0.25, -0.2) is 13.5 Å². The van der Waals surface area contributed by atoms with Crippen LogP contribution in [0.15, 0.2) is 0 Å². The lowest BCUT2D eigenvalue weighted by molar-refractivity contribution is -0.432. The van der Waals surface area contributed by atoms with Crippen LogP contribution in [0.2, 0.25) is 0 Å². The van der Waals surface area contributed by atoms with Crippen molar-refractivity contribution < 1.29 is 68.5 Å². The van der Waals surface area contributed by atoms with E-state index in [0.717, 1.165) is 0 Å². The summed E-state index contributed by atoms with van der Waals surface area (Å²) in [7, 11) is -13.2. The summed E-state index contributed by atoms with van der Waals surface area (Å²) in [4.78, 5) is 36.8. The van der Waals surface area contributed by atoms with Gasteiger partial charge >= 0.3 is 25.8 Å². The molecule has 0 fully saturated rings. The minimum Gasteiger partial charge on any atom is -0.790 e. The summed E-state index contributed by atoms with van der Waals surface area (Å²) in [5, 5.41) is 0. The zero-order chi connectivity index (χ0) is 20.5. The van der Waals surface area contributed by atoms with Crippen molar-refractivity contribution in [3.8, 4) is 0 Å². The first-order valence-corrected chi connectivity index (χ1v) is 9.03. The minimum atomic E-state index is -7.03. The summed E-state index contributed by atoms with van der Waals surface area (Å²) in [6.07, 6.45) is -9.66. The van der Waals surface area contributed by atoms with Gasteiger partial charge in [-0.1, -0.05) is 13.3 Å². The Morgan fingerprint density at radius 2 is 1.36 bits per heavy atom. The van der Waals surface area contributed by atoms with Gasteiger partial charge in [0.1, 0.15) is 0 Å². The van der Waals surface area contributed by atoms with E-state index in [-0.39, 0.29) is 6.42 Å². The second-order valence-corrected chi connectivity index (χ2v) is 6.86. The first kappa shape index (κ1) is 24.7. The molecule has 0 aromatic heterocycles. The van der Waals surface area contributed by atoms with Gasteiger partial charge in [0.25, 0.3) is 5.85 Å². The molecule has 0 aromatic carbocycles. The average Bonchev–Trinajstić information content (AvgIpc) is 2.30. The second-order valence-electron chi connectivity index (χ2n) is 4.62. The zero-order valence-electron chi connectivity index (χ0n) is 12.0. The molecule has 0 bridgehead atoms. The molecule has 0 spiro atoms. The van der Waals surface area contributed by atoms with Gasteiger partial charge in [0.15, 0.2) is 0 Å². The highest BCUT2D eigenvalue weighted by Gasteiger charge is 2.82. The van der Waals surface area contributed by atoms with E-state index in [2.05, 4.69) is 9.05 Å². The summed E-state index contributed by atoms with van der Waals surface area (Å²) in [5.74, 6) is -19.2. The first-order valence-electron chi connectivity index (χ1n) is 6.04. The van der Waals surface area contributed by atoms with Crippen molar-refractivity contribution in [1.29, 1.82) is 0 Å². The number of rotatable bonds is 10. The van der Waals surface area contributed by atoms with Crippen LogP contribution in [0.5, 0.6) is 0 Å². The van der Waals surface area contributed by atoms with Crippen LogP contribution in [0.3, 0.4) is 0 Å². The normalized spacial score (nSPS) is 17.4. The molecule has 0 saturated heterocycles. The summed E-state index contributed by atoms with van der Waals surface area (Å²) in [5.41, 5.74) is 0.